The SMILES string of the molecule is Cc1cccc(=O)n1-c1ccnc(-c2ccncc2)c1. The number of nitrogens with zero attached hydrogens (tertiary/aromatic N) is 3. The molecular weight excluding hydrogens is 250 g/mol. The highest BCUT2D eigenvalue weighted by molar-refractivity contribution is 5.60. The van der Waals surface area contributed by atoms with E-state index < -0.39 is 0 Å². The molecular formula is C16H13N3O. The molecule has 0 aliphatic heterocycles. The van der Waals surface area contributed by atoms with Gasteiger partial charge in [0.2, 0.25) is 0 Å². The molecule has 0 radical (unpaired) electrons. The van der Waals surface area contributed by atoms with Gasteiger partial charge in [0.1, 0.15) is 0 Å². The highest BCUT2D eigenvalue weighted by Gasteiger charge is 2.05. The van der Waals surface area contributed by atoms with E-state index in [9.17, 15) is 4.79 Å². The second kappa shape index (κ2) is 5.09. The third kappa shape index (κ3) is 2.23. The molecule has 0 atom stereocenters. The minimum Gasteiger partial charge on any atom is -0.281 e. The first kappa shape index (κ1) is 12.3. The van der Waals surface area contributed by atoms with Gasteiger partial charge in [-0.3, -0.25) is 19.3 Å². The summed E-state index contributed by atoms with van der Waals surface area (Å²) in [5.41, 5.74) is 3.46. The van der Waals surface area contributed by atoms with Crippen LogP contribution in [0.3, 0.4) is 0 Å². The zero-order chi connectivity index (χ0) is 13.9. The Morgan fingerprint density at radius 1 is 1.00 bits per heavy atom. The Bertz CT molecular complexity index is 794. The van der Waals surface area contributed by atoms with Crippen LogP contribution in [0.5, 0.6) is 0 Å². The minimum absolute atomic E-state index is 0.0446. The summed E-state index contributed by atoms with van der Waals surface area (Å²) in [5, 5.41) is 0. The molecule has 0 saturated carbocycles. The fourth-order valence-electron chi connectivity index (χ4n) is 2.16. The summed E-state index contributed by atoms with van der Waals surface area (Å²) >= 11 is 0. The normalized spacial score (nSPS) is 10.4. The Hall–Kier alpha value is -2.75. The van der Waals surface area contributed by atoms with Gasteiger partial charge >= 0.3 is 0 Å². The van der Waals surface area contributed by atoms with E-state index in [0.29, 0.717) is 0 Å². The second-order valence-corrected chi connectivity index (χ2v) is 4.48. The van der Waals surface area contributed by atoms with Crippen molar-refractivity contribution in [2.45, 2.75) is 6.92 Å². The summed E-state index contributed by atoms with van der Waals surface area (Å²) in [6.07, 6.45) is 5.16. The van der Waals surface area contributed by atoms with E-state index in [0.717, 1.165) is 22.6 Å². The van der Waals surface area contributed by atoms with E-state index >= 15 is 0 Å². The Balaban J connectivity index is 2.16. The van der Waals surface area contributed by atoms with Crippen LogP contribution in [-0.4, -0.2) is 14.5 Å². The van der Waals surface area contributed by atoms with Crippen molar-refractivity contribution in [3.63, 3.8) is 0 Å². The van der Waals surface area contributed by atoms with Crippen molar-refractivity contribution in [3.05, 3.63) is 77.1 Å². The second-order valence-electron chi connectivity index (χ2n) is 4.48. The summed E-state index contributed by atoms with van der Waals surface area (Å²) in [4.78, 5) is 20.4. The Labute approximate surface area is 116 Å². The first-order chi connectivity index (χ1) is 9.75. The van der Waals surface area contributed by atoms with Crippen molar-refractivity contribution in [3.8, 4) is 16.9 Å². The lowest BCUT2D eigenvalue weighted by Gasteiger charge is -2.10. The lowest BCUT2D eigenvalue weighted by Crippen LogP contribution is -2.18. The zero-order valence-corrected chi connectivity index (χ0v) is 11.0. The van der Waals surface area contributed by atoms with Gasteiger partial charge in [0.15, 0.2) is 0 Å². The van der Waals surface area contributed by atoms with Crippen LogP contribution in [0.4, 0.5) is 0 Å². The third-order valence-corrected chi connectivity index (χ3v) is 3.13. The van der Waals surface area contributed by atoms with Crippen LogP contribution in [0.2, 0.25) is 0 Å². The van der Waals surface area contributed by atoms with Gasteiger partial charge in [0, 0.05) is 35.9 Å². The average Bonchev–Trinajstić information content (AvgIpc) is 2.48. The first-order valence-corrected chi connectivity index (χ1v) is 6.31. The van der Waals surface area contributed by atoms with E-state index in [2.05, 4.69) is 9.97 Å². The predicted octanol–water partition coefficient (Wildman–Crippen LogP) is 2.60. The van der Waals surface area contributed by atoms with Crippen LogP contribution in [0.15, 0.2) is 65.8 Å². The molecule has 0 saturated heterocycles. The molecule has 20 heavy (non-hydrogen) atoms. The van der Waals surface area contributed by atoms with E-state index in [1.807, 2.05) is 37.3 Å². The van der Waals surface area contributed by atoms with Gasteiger partial charge in [-0.05, 0) is 37.3 Å². The van der Waals surface area contributed by atoms with E-state index in [-0.39, 0.29) is 5.56 Å². The fourth-order valence-corrected chi connectivity index (χ4v) is 2.16. The maximum atomic E-state index is 12.0. The summed E-state index contributed by atoms with van der Waals surface area (Å²) in [6.45, 7) is 1.91. The highest BCUT2D eigenvalue weighted by Crippen LogP contribution is 2.18. The summed E-state index contributed by atoms with van der Waals surface area (Å²) in [6, 6.07) is 12.8. The molecule has 98 valence electrons. The maximum Gasteiger partial charge on any atom is 0.255 e. The van der Waals surface area contributed by atoms with Gasteiger partial charge in [-0.15, -0.1) is 0 Å². The van der Waals surface area contributed by atoms with Gasteiger partial charge in [0.05, 0.1) is 11.4 Å². The van der Waals surface area contributed by atoms with Gasteiger partial charge in [-0.1, -0.05) is 6.07 Å². The molecule has 0 aliphatic rings. The van der Waals surface area contributed by atoms with Crippen LogP contribution in [-0.2, 0) is 0 Å². The molecule has 0 amide bonds. The summed E-state index contributed by atoms with van der Waals surface area (Å²) in [7, 11) is 0. The quantitative estimate of drug-likeness (QED) is 0.714. The monoisotopic (exact) mass is 263 g/mol. The van der Waals surface area contributed by atoms with Crippen LogP contribution in [0, 0.1) is 6.92 Å². The average molecular weight is 263 g/mol. The van der Waals surface area contributed by atoms with E-state index in [1.54, 1.807) is 35.3 Å². The van der Waals surface area contributed by atoms with Crippen LogP contribution < -0.4 is 5.56 Å². The lowest BCUT2D eigenvalue weighted by molar-refractivity contribution is 0.931. The molecule has 0 unspecified atom stereocenters. The molecule has 4 heteroatoms. The highest BCUT2D eigenvalue weighted by atomic mass is 16.1. The van der Waals surface area contributed by atoms with Gasteiger partial charge in [0.25, 0.3) is 5.56 Å². The number of aryl methyl sites for hydroxylation is 1. The Morgan fingerprint density at radius 3 is 2.55 bits per heavy atom. The summed E-state index contributed by atoms with van der Waals surface area (Å²) in [5.74, 6) is 0. The Morgan fingerprint density at radius 2 is 1.80 bits per heavy atom. The number of hydrogen-bond donors (Lipinski definition) is 0. The number of aromatic nitrogens is 3. The number of pyridine rings is 3. The van der Waals surface area contributed by atoms with Gasteiger partial charge < -0.3 is 0 Å². The maximum absolute atomic E-state index is 12.0. The number of rotatable bonds is 2. The van der Waals surface area contributed by atoms with Crippen molar-refractivity contribution >= 4 is 0 Å². The van der Waals surface area contributed by atoms with Crippen molar-refractivity contribution < 1.29 is 0 Å². The van der Waals surface area contributed by atoms with Crippen LogP contribution >= 0.6 is 0 Å². The molecule has 4 nitrogen and oxygen atoms in total. The van der Waals surface area contributed by atoms with Gasteiger partial charge in [-0.2, -0.15) is 0 Å². The molecule has 3 aromatic heterocycles. The zero-order valence-electron chi connectivity index (χ0n) is 11.0. The van der Waals surface area contributed by atoms with Crippen molar-refractivity contribution in [2.24, 2.45) is 0 Å². The molecule has 3 rings (SSSR count). The summed E-state index contributed by atoms with van der Waals surface area (Å²) < 4.78 is 1.67. The van der Waals surface area contributed by atoms with E-state index in [4.69, 9.17) is 0 Å². The molecule has 0 bridgehead atoms. The molecule has 0 spiro atoms. The van der Waals surface area contributed by atoms with Crippen molar-refractivity contribution in [1.29, 1.82) is 0 Å². The Kier molecular flexibility index (Phi) is 3.13. The molecule has 0 N–H and O–H groups in total. The molecule has 0 aromatic carbocycles. The van der Waals surface area contributed by atoms with E-state index in [1.165, 1.54) is 0 Å². The molecule has 3 heterocycles. The fraction of sp³-hybridized carbons (Fsp3) is 0.0625. The molecule has 0 aliphatic carbocycles. The van der Waals surface area contributed by atoms with Crippen molar-refractivity contribution in [1.82, 2.24) is 14.5 Å². The first-order valence-electron chi connectivity index (χ1n) is 6.31. The standard InChI is InChI=1S/C16H13N3O/c1-12-3-2-4-16(20)19(12)14-7-10-18-15(11-14)13-5-8-17-9-6-13/h2-11H,1H3. The third-order valence-electron chi connectivity index (χ3n) is 3.13. The van der Waals surface area contributed by atoms with Crippen LogP contribution in [0.25, 0.3) is 16.9 Å². The smallest absolute Gasteiger partial charge is 0.255 e. The topological polar surface area (TPSA) is 47.8 Å². The van der Waals surface area contributed by atoms with Gasteiger partial charge in [-0.25, -0.2) is 0 Å². The largest absolute Gasteiger partial charge is 0.281 e. The van der Waals surface area contributed by atoms with Crippen LogP contribution in [0.1, 0.15) is 5.69 Å². The minimum atomic E-state index is -0.0446. The lowest BCUT2D eigenvalue weighted by atomic mass is 10.1. The molecule has 0 fully saturated rings. The predicted molar refractivity (Wildman–Crippen MR) is 77.8 cm³/mol. The molecule has 3 aromatic rings. The van der Waals surface area contributed by atoms with Crippen molar-refractivity contribution in [2.75, 3.05) is 0 Å². The number of hydrogen-bond acceptors (Lipinski definition) is 3.